The average molecular weight is 341 g/mol. The molecule has 1 amide bonds. The number of amides is 1. The normalized spacial score (nSPS) is 11.0. The Morgan fingerprint density at radius 3 is 2.60 bits per heavy atom. The number of carbonyl (C=O) groups is 1. The number of hydrogen-bond acceptors (Lipinski definition) is 4. The van der Waals surface area contributed by atoms with Gasteiger partial charge in [0.05, 0.1) is 6.33 Å². The van der Waals surface area contributed by atoms with Gasteiger partial charge in [0.15, 0.2) is 5.52 Å². The van der Waals surface area contributed by atoms with E-state index in [1.54, 1.807) is 7.05 Å². The SMILES string of the molecule is Cc1ccc(C)c(NC(=O)Cn2cnc3c(=O)n(C)c(=O)n(C)c32)c1. The summed E-state index contributed by atoms with van der Waals surface area (Å²) in [5.74, 6) is -0.263. The van der Waals surface area contributed by atoms with Crippen molar-refractivity contribution in [2.24, 2.45) is 14.1 Å². The van der Waals surface area contributed by atoms with Gasteiger partial charge in [-0.25, -0.2) is 9.78 Å². The van der Waals surface area contributed by atoms with Crippen molar-refractivity contribution in [1.29, 1.82) is 0 Å². The Hall–Kier alpha value is -3.16. The molecule has 2 heterocycles. The van der Waals surface area contributed by atoms with Crippen molar-refractivity contribution in [3.05, 3.63) is 56.5 Å². The number of aromatic nitrogens is 4. The predicted octanol–water partition coefficient (Wildman–Crippen LogP) is 0.689. The molecule has 0 bridgehead atoms. The molecule has 1 aromatic carbocycles. The lowest BCUT2D eigenvalue weighted by atomic mass is 10.1. The molecule has 0 saturated carbocycles. The third kappa shape index (κ3) is 2.86. The molecule has 3 aromatic rings. The summed E-state index contributed by atoms with van der Waals surface area (Å²) in [5.41, 5.74) is 2.27. The number of fused-ring (bicyclic) bond motifs is 1. The van der Waals surface area contributed by atoms with Crippen LogP contribution in [0.2, 0.25) is 0 Å². The highest BCUT2D eigenvalue weighted by Crippen LogP contribution is 2.16. The van der Waals surface area contributed by atoms with E-state index in [1.807, 2.05) is 32.0 Å². The van der Waals surface area contributed by atoms with E-state index in [-0.39, 0.29) is 18.0 Å². The molecule has 1 N–H and O–H groups in total. The van der Waals surface area contributed by atoms with Crippen molar-refractivity contribution >= 4 is 22.8 Å². The molecule has 2 aromatic heterocycles. The molecule has 8 nitrogen and oxygen atoms in total. The molecule has 0 fully saturated rings. The molecular weight excluding hydrogens is 322 g/mol. The van der Waals surface area contributed by atoms with Gasteiger partial charge in [-0.15, -0.1) is 0 Å². The van der Waals surface area contributed by atoms with Gasteiger partial charge >= 0.3 is 5.69 Å². The van der Waals surface area contributed by atoms with Gasteiger partial charge in [-0.1, -0.05) is 12.1 Å². The van der Waals surface area contributed by atoms with E-state index >= 15 is 0 Å². The molecule has 25 heavy (non-hydrogen) atoms. The van der Waals surface area contributed by atoms with Crippen molar-refractivity contribution in [2.45, 2.75) is 20.4 Å². The summed E-state index contributed by atoms with van der Waals surface area (Å²) in [6, 6.07) is 5.80. The quantitative estimate of drug-likeness (QED) is 0.759. The standard InChI is InChI=1S/C17H19N5O3/c1-10-5-6-11(2)12(7-10)19-13(23)8-22-9-18-14-15(22)20(3)17(25)21(4)16(14)24/h5-7,9H,8H2,1-4H3,(H,19,23). The number of anilines is 1. The molecule has 0 atom stereocenters. The number of aryl methyl sites for hydroxylation is 3. The summed E-state index contributed by atoms with van der Waals surface area (Å²) >= 11 is 0. The highest BCUT2D eigenvalue weighted by molar-refractivity contribution is 5.92. The lowest BCUT2D eigenvalue weighted by Gasteiger charge is -2.11. The molecule has 0 radical (unpaired) electrons. The van der Waals surface area contributed by atoms with Gasteiger partial charge < -0.3 is 9.88 Å². The number of benzene rings is 1. The highest BCUT2D eigenvalue weighted by atomic mass is 16.2. The highest BCUT2D eigenvalue weighted by Gasteiger charge is 2.16. The average Bonchev–Trinajstić information content (AvgIpc) is 2.98. The van der Waals surface area contributed by atoms with Crippen molar-refractivity contribution in [1.82, 2.24) is 18.7 Å². The zero-order valence-electron chi connectivity index (χ0n) is 14.5. The van der Waals surface area contributed by atoms with Crippen LogP contribution in [0.1, 0.15) is 11.1 Å². The van der Waals surface area contributed by atoms with E-state index in [4.69, 9.17) is 0 Å². The van der Waals surface area contributed by atoms with E-state index in [0.717, 1.165) is 21.4 Å². The molecule has 0 aliphatic rings. The van der Waals surface area contributed by atoms with Crippen LogP contribution in [0.5, 0.6) is 0 Å². The summed E-state index contributed by atoms with van der Waals surface area (Å²) < 4.78 is 3.81. The van der Waals surface area contributed by atoms with E-state index in [9.17, 15) is 14.4 Å². The first-order valence-corrected chi connectivity index (χ1v) is 7.77. The minimum absolute atomic E-state index is 0.0513. The van der Waals surface area contributed by atoms with Crippen LogP contribution in [-0.2, 0) is 25.4 Å². The summed E-state index contributed by atoms with van der Waals surface area (Å²) in [4.78, 5) is 40.7. The van der Waals surface area contributed by atoms with Gasteiger partial charge in [0.25, 0.3) is 5.56 Å². The van der Waals surface area contributed by atoms with Gasteiger partial charge in [-0.05, 0) is 31.0 Å². The zero-order chi connectivity index (χ0) is 18.3. The monoisotopic (exact) mass is 341 g/mol. The van der Waals surface area contributed by atoms with Crippen LogP contribution in [0.3, 0.4) is 0 Å². The predicted molar refractivity (Wildman–Crippen MR) is 94.8 cm³/mol. The lowest BCUT2D eigenvalue weighted by molar-refractivity contribution is -0.116. The first kappa shape index (κ1) is 16.7. The summed E-state index contributed by atoms with van der Waals surface area (Å²) in [7, 11) is 2.95. The fraction of sp³-hybridized carbons (Fsp3) is 0.294. The Morgan fingerprint density at radius 2 is 1.88 bits per heavy atom. The molecule has 130 valence electrons. The molecule has 8 heteroatoms. The van der Waals surface area contributed by atoms with E-state index < -0.39 is 11.2 Å². The minimum Gasteiger partial charge on any atom is -0.324 e. The Morgan fingerprint density at radius 1 is 1.16 bits per heavy atom. The summed E-state index contributed by atoms with van der Waals surface area (Å²) in [5, 5.41) is 2.86. The molecule has 3 rings (SSSR count). The van der Waals surface area contributed by atoms with Crippen LogP contribution >= 0.6 is 0 Å². The number of rotatable bonds is 3. The minimum atomic E-state index is -0.480. The largest absolute Gasteiger partial charge is 0.332 e. The van der Waals surface area contributed by atoms with Crippen molar-refractivity contribution in [3.8, 4) is 0 Å². The number of carbonyl (C=O) groups excluding carboxylic acids is 1. The Kier molecular flexibility index (Phi) is 4.03. The van der Waals surface area contributed by atoms with Crippen LogP contribution in [0.15, 0.2) is 34.1 Å². The number of nitrogens with zero attached hydrogens (tertiary/aromatic N) is 4. The molecule has 0 aliphatic heterocycles. The fourth-order valence-electron chi connectivity index (χ4n) is 2.77. The van der Waals surface area contributed by atoms with Crippen LogP contribution in [0.4, 0.5) is 5.69 Å². The molecule has 0 saturated heterocycles. The third-order valence-electron chi connectivity index (χ3n) is 4.19. The van der Waals surface area contributed by atoms with Gasteiger partial charge in [0.1, 0.15) is 12.2 Å². The fourth-order valence-corrected chi connectivity index (χ4v) is 2.77. The molecular formula is C17H19N5O3. The first-order chi connectivity index (χ1) is 11.8. The maximum Gasteiger partial charge on any atom is 0.332 e. The number of hydrogen-bond donors (Lipinski definition) is 1. The van der Waals surface area contributed by atoms with E-state index in [2.05, 4.69) is 10.3 Å². The summed E-state index contributed by atoms with van der Waals surface area (Å²) in [6.45, 7) is 3.81. The Balaban J connectivity index is 1.96. The molecule has 0 aliphatic carbocycles. The van der Waals surface area contributed by atoms with Crippen molar-refractivity contribution in [3.63, 3.8) is 0 Å². The van der Waals surface area contributed by atoms with Crippen LogP contribution in [0, 0.1) is 13.8 Å². The van der Waals surface area contributed by atoms with Gasteiger partial charge in [0.2, 0.25) is 5.91 Å². The van der Waals surface area contributed by atoms with Gasteiger partial charge in [-0.3, -0.25) is 18.7 Å². The maximum absolute atomic E-state index is 12.4. The van der Waals surface area contributed by atoms with Gasteiger partial charge in [-0.2, -0.15) is 0 Å². The van der Waals surface area contributed by atoms with E-state index in [1.165, 1.54) is 22.5 Å². The Bertz CT molecular complexity index is 1100. The summed E-state index contributed by atoms with van der Waals surface area (Å²) in [6.07, 6.45) is 1.40. The maximum atomic E-state index is 12.4. The van der Waals surface area contributed by atoms with Crippen molar-refractivity contribution in [2.75, 3.05) is 5.32 Å². The Labute approximate surface area is 143 Å². The first-order valence-electron chi connectivity index (χ1n) is 7.77. The second-order valence-corrected chi connectivity index (χ2v) is 6.12. The van der Waals surface area contributed by atoms with Crippen LogP contribution in [-0.4, -0.2) is 24.6 Å². The molecule has 0 spiro atoms. The molecule has 0 unspecified atom stereocenters. The van der Waals surface area contributed by atoms with E-state index in [0.29, 0.717) is 5.65 Å². The topological polar surface area (TPSA) is 90.9 Å². The van der Waals surface area contributed by atoms with Crippen LogP contribution in [0.25, 0.3) is 11.2 Å². The number of nitrogens with one attached hydrogen (secondary N) is 1. The van der Waals surface area contributed by atoms with Crippen molar-refractivity contribution < 1.29 is 4.79 Å². The lowest BCUT2D eigenvalue weighted by Crippen LogP contribution is -2.37. The number of imidazole rings is 1. The van der Waals surface area contributed by atoms with Crippen LogP contribution < -0.4 is 16.6 Å². The smallest absolute Gasteiger partial charge is 0.324 e. The second kappa shape index (κ2) is 6.04. The third-order valence-corrected chi connectivity index (χ3v) is 4.19. The zero-order valence-corrected chi connectivity index (χ0v) is 14.5. The van der Waals surface area contributed by atoms with Gasteiger partial charge in [0, 0.05) is 19.8 Å². The second-order valence-electron chi connectivity index (χ2n) is 6.12.